The molecule has 230 valence electrons. The third-order valence-electron chi connectivity index (χ3n) is 6.12. The molecule has 10 nitrogen and oxygen atoms in total. The number of carbonyl (C=O) groups excluding carboxylic acids is 1. The molecule has 0 bridgehead atoms. The van der Waals surface area contributed by atoms with Crippen LogP contribution in [0, 0.1) is 5.82 Å². The van der Waals surface area contributed by atoms with E-state index in [4.69, 9.17) is 14.2 Å². The molecule has 4 rings (SSSR count). The summed E-state index contributed by atoms with van der Waals surface area (Å²) >= 11 is 1.48. The van der Waals surface area contributed by atoms with E-state index in [0.29, 0.717) is 28.3 Å². The van der Waals surface area contributed by atoms with Gasteiger partial charge in [0, 0.05) is 43.2 Å². The highest BCUT2D eigenvalue weighted by atomic mass is 32.2. The van der Waals surface area contributed by atoms with Crippen molar-refractivity contribution < 1.29 is 31.8 Å². The van der Waals surface area contributed by atoms with E-state index >= 15 is 0 Å². The van der Waals surface area contributed by atoms with Crippen molar-refractivity contribution in [2.24, 2.45) is 0 Å². The number of sulfonamides is 1. The van der Waals surface area contributed by atoms with Crippen LogP contribution < -0.4 is 10.1 Å². The number of hydrogen-bond donors (Lipinski definition) is 1. The zero-order chi connectivity index (χ0) is 31.2. The van der Waals surface area contributed by atoms with Crippen molar-refractivity contribution in [2.75, 3.05) is 40.5 Å². The Labute approximate surface area is 254 Å². The summed E-state index contributed by atoms with van der Waals surface area (Å²) in [7, 11) is -0.362. The van der Waals surface area contributed by atoms with E-state index in [9.17, 15) is 17.6 Å². The van der Waals surface area contributed by atoms with Crippen LogP contribution in [0.25, 0.3) is 32.6 Å². The van der Waals surface area contributed by atoms with Crippen molar-refractivity contribution in [3.8, 4) is 28.3 Å². The van der Waals surface area contributed by atoms with Crippen LogP contribution in [-0.2, 0) is 25.2 Å². The summed E-state index contributed by atoms with van der Waals surface area (Å²) in [6.07, 6.45) is -0.517. The molecule has 2 aromatic carbocycles. The number of rotatable bonds is 12. The zero-order valence-corrected chi connectivity index (χ0v) is 26.4. The molecule has 0 aliphatic carbocycles. The fraction of sp³-hybridized carbons (Fsp3) is 0.367. The van der Waals surface area contributed by atoms with Gasteiger partial charge in [-0.05, 0) is 49.9 Å². The van der Waals surface area contributed by atoms with Crippen molar-refractivity contribution in [3.63, 3.8) is 0 Å². The van der Waals surface area contributed by atoms with Crippen LogP contribution in [0.4, 0.5) is 9.18 Å². The molecular formula is C30H35FN4O6S2. The lowest BCUT2D eigenvalue weighted by molar-refractivity contribution is 0.0489. The molecule has 0 atom stereocenters. The minimum absolute atomic E-state index is 0.0971. The van der Waals surface area contributed by atoms with Crippen molar-refractivity contribution in [3.05, 3.63) is 65.3 Å². The number of aromatic nitrogens is 2. The molecule has 0 aliphatic rings. The number of hydrogen-bond acceptors (Lipinski definition) is 9. The molecule has 1 N–H and O–H groups in total. The van der Waals surface area contributed by atoms with Gasteiger partial charge in [0.2, 0.25) is 10.0 Å². The average molecular weight is 631 g/mol. The Bertz CT molecular complexity index is 1670. The minimum Gasteiger partial charge on any atom is -0.490 e. The maximum absolute atomic E-state index is 14.2. The first-order chi connectivity index (χ1) is 20.3. The Morgan fingerprint density at radius 3 is 2.42 bits per heavy atom. The van der Waals surface area contributed by atoms with Gasteiger partial charge in [0.25, 0.3) is 0 Å². The van der Waals surface area contributed by atoms with Gasteiger partial charge in [-0.25, -0.2) is 21.9 Å². The van der Waals surface area contributed by atoms with Crippen LogP contribution >= 0.6 is 11.3 Å². The topological polar surface area (TPSA) is 120 Å². The van der Waals surface area contributed by atoms with E-state index in [1.54, 1.807) is 39.0 Å². The van der Waals surface area contributed by atoms with Crippen molar-refractivity contribution in [1.29, 1.82) is 0 Å². The Balaban J connectivity index is 1.45. The molecule has 43 heavy (non-hydrogen) atoms. The standard InChI is InChI=1S/C30H35FN4O6S2/c1-30(2,3)41-29(36)32-13-14-39-15-16-40-25-18-22(31)10-11-23(25)27-28-24(12-17-42-28)26(33-34-27)21-8-6-20(7-9-21)19-43(37,38)35(4)5/h6-12,17-18H,13-16,19H2,1-5H3,(H,32,36). The lowest BCUT2D eigenvalue weighted by Gasteiger charge is -2.19. The highest BCUT2D eigenvalue weighted by Crippen LogP contribution is 2.39. The van der Waals surface area contributed by atoms with Gasteiger partial charge in [-0.1, -0.05) is 24.3 Å². The van der Waals surface area contributed by atoms with Crippen LogP contribution in [0.5, 0.6) is 5.75 Å². The molecule has 4 aromatic rings. The highest BCUT2D eigenvalue weighted by Gasteiger charge is 2.19. The largest absolute Gasteiger partial charge is 0.490 e. The SMILES string of the molecule is CN(C)S(=O)(=O)Cc1ccc(-c2nnc(-c3ccc(F)cc3OCCOCCNC(=O)OC(C)(C)C)c3sccc23)cc1. The van der Waals surface area contributed by atoms with E-state index < -0.39 is 27.5 Å². The molecule has 13 heteroatoms. The second kappa shape index (κ2) is 13.8. The van der Waals surface area contributed by atoms with Gasteiger partial charge in [-0.2, -0.15) is 0 Å². The molecule has 0 unspecified atom stereocenters. The summed E-state index contributed by atoms with van der Waals surface area (Å²) in [5, 5.41) is 14.4. The van der Waals surface area contributed by atoms with Crippen LogP contribution in [0.2, 0.25) is 0 Å². The number of amides is 1. The molecular weight excluding hydrogens is 595 g/mol. The van der Waals surface area contributed by atoms with Crippen LogP contribution in [0.1, 0.15) is 26.3 Å². The molecule has 0 aliphatic heterocycles. The number of benzene rings is 2. The second-order valence-electron chi connectivity index (χ2n) is 10.8. The molecule has 2 aromatic heterocycles. The summed E-state index contributed by atoms with van der Waals surface area (Å²) in [5.74, 6) is -0.247. The summed E-state index contributed by atoms with van der Waals surface area (Å²) in [5.41, 5.74) is 2.68. The third-order valence-corrected chi connectivity index (χ3v) is 8.85. The van der Waals surface area contributed by atoms with E-state index in [0.717, 1.165) is 15.6 Å². The first kappa shape index (κ1) is 32.3. The number of nitrogens with zero attached hydrogens (tertiary/aromatic N) is 3. The number of halogens is 1. The minimum atomic E-state index is -3.38. The van der Waals surface area contributed by atoms with Gasteiger partial charge < -0.3 is 19.5 Å². The smallest absolute Gasteiger partial charge is 0.407 e. The monoisotopic (exact) mass is 630 g/mol. The van der Waals surface area contributed by atoms with Gasteiger partial charge in [0.05, 0.1) is 23.7 Å². The van der Waals surface area contributed by atoms with Crippen LogP contribution in [-0.4, -0.2) is 75.1 Å². The zero-order valence-electron chi connectivity index (χ0n) is 24.7. The normalized spacial score (nSPS) is 12.1. The van der Waals surface area contributed by atoms with E-state index in [1.807, 2.05) is 23.6 Å². The lowest BCUT2D eigenvalue weighted by Crippen LogP contribution is -2.34. The first-order valence-electron chi connectivity index (χ1n) is 13.5. The van der Waals surface area contributed by atoms with Gasteiger partial charge in [0.15, 0.2) is 0 Å². The molecule has 0 fully saturated rings. The van der Waals surface area contributed by atoms with Crippen molar-refractivity contribution >= 4 is 37.5 Å². The Morgan fingerprint density at radius 1 is 1.00 bits per heavy atom. The van der Waals surface area contributed by atoms with E-state index in [1.165, 1.54) is 41.9 Å². The predicted molar refractivity (Wildman–Crippen MR) is 165 cm³/mol. The number of nitrogens with one attached hydrogen (secondary N) is 1. The predicted octanol–water partition coefficient (Wildman–Crippen LogP) is 5.48. The molecule has 0 saturated carbocycles. The number of alkyl carbamates (subject to hydrolysis) is 1. The third kappa shape index (κ3) is 8.69. The van der Waals surface area contributed by atoms with Gasteiger partial charge in [-0.3, -0.25) is 0 Å². The van der Waals surface area contributed by atoms with Gasteiger partial charge in [-0.15, -0.1) is 21.5 Å². The van der Waals surface area contributed by atoms with Crippen LogP contribution in [0.3, 0.4) is 0 Å². The van der Waals surface area contributed by atoms with Crippen molar-refractivity contribution in [2.45, 2.75) is 32.1 Å². The Hall–Kier alpha value is -3.65. The summed E-state index contributed by atoms with van der Waals surface area (Å²) in [6.45, 7) is 6.26. The molecule has 2 heterocycles. The summed E-state index contributed by atoms with van der Waals surface area (Å²) in [6, 6.07) is 13.4. The van der Waals surface area contributed by atoms with E-state index in [2.05, 4.69) is 15.5 Å². The number of ether oxygens (including phenoxy) is 3. The number of carbonyl (C=O) groups is 1. The molecule has 1 amide bonds. The Kier molecular flexibility index (Phi) is 10.3. The molecule has 0 saturated heterocycles. The number of fused-ring (bicyclic) bond motifs is 1. The fourth-order valence-corrected chi connectivity index (χ4v) is 5.80. The van der Waals surface area contributed by atoms with E-state index in [-0.39, 0.29) is 32.1 Å². The average Bonchev–Trinajstić information content (AvgIpc) is 3.42. The quantitative estimate of drug-likeness (QED) is 0.205. The lowest BCUT2D eigenvalue weighted by atomic mass is 10.0. The summed E-state index contributed by atoms with van der Waals surface area (Å²) < 4.78 is 57.4. The first-order valence-corrected chi connectivity index (χ1v) is 16.0. The van der Waals surface area contributed by atoms with Gasteiger partial charge in [0.1, 0.15) is 35.2 Å². The molecule has 0 spiro atoms. The maximum atomic E-state index is 14.2. The summed E-state index contributed by atoms with van der Waals surface area (Å²) in [4.78, 5) is 11.7. The highest BCUT2D eigenvalue weighted by molar-refractivity contribution is 7.88. The maximum Gasteiger partial charge on any atom is 0.407 e. The second-order valence-corrected chi connectivity index (χ2v) is 13.9. The Morgan fingerprint density at radius 2 is 1.72 bits per heavy atom. The molecule has 0 radical (unpaired) electrons. The van der Waals surface area contributed by atoms with Crippen molar-refractivity contribution in [1.82, 2.24) is 19.8 Å². The van der Waals surface area contributed by atoms with Gasteiger partial charge >= 0.3 is 6.09 Å². The number of thiophene rings is 1. The van der Waals surface area contributed by atoms with Crippen LogP contribution in [0.15, 0.2) is 53.9 Å². The fourth-order valence-electron chi connectivity index (χ4n) is 4.03.